The quantitative estimate of drug-likeness (QED) is 0.201. The highest BCUT2D eigenvalue weighted by atomic mass is 32.2. The molecule has 9 nitrogen and oxygen atoms in total. The smallest absolute Gasteiger partial charge is 0.242 e. The van der Waals surface area contributed by atoms with Gasteiger partial charge in [0.2, 0.25) is 15.4 Å². The SMILES string of the molecule is C#CCNS(=O)(=O)c1cc(S(=O)(=O)[O-])ccc1C1=c2cc3c4c(c2Oc2c1cc1c5c2CCCN5CCC1)CCC[N+]=4CCC3. The molecular formula is C34H33N3O6S2. The van der Waals surface area contributed by atoms with Crippen LogP contribution in [-0.2, 0) is 45.8 Å². The fourth-order valence-electron chi connectivity index (χ4n) is 8.11. The molecule has 0 atom stereocenters. The van der Waals surface area contributed by atoms with E-state index < -0.39 is 25.0 Å². The Hall–Kier alpha value is -3.69. The fourth-order valence-corrected chi connectivity index (χ4v) is 9.85. The lowest BCUT2D eigenvalue weighted by atomic mass is 9.82. The standard InChI is InChI=1S/C34H33N3O6S2/c1-2-13-35-44(38,39)29-20-23(45(40,41)42)11-12-24(29)30-27-18-21-7-3-14-36-16-5-9-25(31(21)36)33(27)43-34-26-10-6-17-37-15-4-8-22(32(26)37)19-28(30)34/h1,11-12,18-20,35H,3-10,13-17H2. The second-order valence-electron chi connectivity index (χ2n) is 12.5. The van der Waals surface area contributed by atoms with E-state index in [-0.39, 0.29) is 11.4 Å². The van der Waals surface area contributed by atoms with Crippen LogP contribution in [0.1, 0.15) is 59.1 Å². The van der Waals surface area contributed by atoms with Crippen LogP contribution in [-0.4, -0.2) is 54.1 Å². The molecule has 0 saturated carbocycles. The number of anilines is 1. The third-order valence-electron chi connectivity index (χ3n) is 9.85. The van der Waals surface area contributed by atoms with Crippen molar-refractivity contribution in [3.63, 3.8) is 0 Å². The fraction of sp³-hybridized carbons (Fsp3) is 0.382. The van der Waals surface area contributed by atoms with Gasteiger partial charge in [0, 0.05) is 64.7 Å². The van der Waals surface area contributed by atoms with E-state index in [0.29, 0.717) is 11.1 Å². The summed E-state index contributed by atoms with van der Waals surface area (Å²) in [6.07, 6.45) is 12.9. The van der Waals surface area contributed by atoms with Gasteiger partial charge >= 0.3 is 0 Å². The summed E-state index contributed by atoms with van der Waals surface area (Å²) < 4.78 is 75.9. The van der Waals surface area contributed by atoms with Gasteiger partial charge < -0.3 is 14.2 Å². The molecule has 0 unspecified atom stereocenters. The molecule has 0 amide bonds. The average Bonchev–Trinajstić information content (AvgIpc) is 3.03. The van der Waals surface area contributed by atoms with Crippen molar-refractivity contribution < 1.29 is 26.1 Å². The van der Waals surface area contributed by atoms with Crippen LogP contribution < -0.4 is 29.5 Å². The van der Waals surface area contributed by atoms with Gasteiger partial charge in [-0.3, -0.25) is 0 Å². The van der Waals surface area contributed by atoms with Crippen LogP contribution in [0.15, 0.2) is 40.1 Å². The lowest BCUT2D eigenvalue weighted by Gasteiger charge is -2.39. The minimum atomic E-state index is -4.94. The number of fused-ring (bicyclic) bond motifs is 4. The molecule has 0 radical (unpaired) electrons. The Morgan fingerprint density at radius 3 is 2.40 bits per heavy atom. The molecule has 0 aromatic heterocycles. The van der Waals surface area contributed by atoms with Crippen molar-refractivity contribution >= 4 is 31.4 Å². The molecule has 0 saturated heterocycles. The molecule has 0 bridgehead atoms. The third-order valence-corrected chi connectivity index (χ3v) is 12.1. The molecule has 8 rings (SSSR count). The lowest BCUT2D eigenvalue weighted by molar-refractivity contribution is 0.431. The van der Waals surface area contributed by atoms with Gasteiger partial charge in [0.1, 0.15) is 34.7 Å². The van der Waals surface area contributed by atoms with Gasteiger partial charge in [0.15, 0.2) is 0 Å². The van der Waals surface area contributed by atoms with E-state index in [1.165, 1.54) is 34.3 Å². The molecule has 0 spiro atoms. The van der Waals surface area contributed by atoms with E-state index in [1.54, 1.807) is 0 Å². The molecule has 11 heteroatoms. The van der Waals surface area contributed by atoms with Gasteiger partial charge in [-0.05, 0) is 68.4 Å². The summed E-state index contributed by atoms with van der Waals surface area (Å²) in [6, 6.07) is 7.91. The Kier molecular flexibility index (Phi) is 6.66. The Morgan fingerprint density at radius 2 is 1.62 bits per heavy atom. The molecule has 5 aliphatic heterocycles. The molecule has 45 heavy (non-hydrogen) atoms. The van der Waals surface area contributed by atoms with Crippen molar-refractivity contribution in [2.75, 3.05) is 37.6 Å². The molecule has 3 aromatic rings. The zero-order valence-corrected chi connectivity index (χ0v) is 26.4. The summed E-state index contributed by atoms with van der Waals surface area (Å²) in [6.45, 7) is 3.69. The first kappa shape index (κ1) is 28.8. The molecule has 0 fully saturated rings. The first-order chi connectivity index (χ1) is 21.7. The summed E-state index contributed by atoms with van der Waals surface area (Å²) in [5.74, 6) is 3.77. The maximum Gasteiger partial charge on any atom is 0.242 e. The van der Waals surface area contributed by atoms with Gasteiger partial charge in [-0.2, -0.15) is 4.72 Å². The first-order valence-corrected chi connectivity index (χ1v) is 18.5. The number of terminal acetylenes is 1. The number of benzene rings is 3. The minimum Gasteiger partial charge on any atom is -0.744 e. The van der Waals surface area contributed by atoms with Gasteiger partial charge in [-0.1, -0.05) is 12.0 Å². The largest absolute Gasteiger partial charge is 0.744 e. The van der Waals surface area contributed by atoms with E-state index in [4.69, 9.17) is 11.2 Å². The Morgan fingerprint density at radius 1 is 0.889 bits per heavy atom. The summed E-state index contributed by atoms with van der Waals surface area (Å²) in [5.41, 5.74) is 7.71. The van der Waals surface area contributed by atoms with Crippen LogP contribution in [0.2, 0.25) is 0 Å². The zero-order valence-electron chi connectivity index (χ0n) is 24.8. The molecule has 3 aromatic carbocycles. The van der Waals surface area contributed by atoms with Crippen molar-refractivity contribution in [2.45, 2.75) is 61.2 Å². The second-order valence-corrected chi connectivity index (χ2v) is 15.6. The Labute approximate surface area is 263 Å². The van der Waals surface area contributed by atoms with Crippen LogP contribution in [0.3, 0.4) is 0 Å². The number of rotatable bonds is 5. The minimum absolute atomic E-state index is 0.289. The molecule has 5 aliphatic rings. The number of hydrogen-bond acceptors (Lipinski definition) is 7. The predicted octanol–water partition coefficient (Wildman–Crippen LogP) is 1.94. The van der Waals surface area contributed by atoms with Crippen LogP contribution in [0.5, 0.6) is 11.5 Å². The van der Waals surface area contributed by atoms with Crippen LogP contribution in [0.4, 0.5) is 5.69 Å². The van der Waals surface area contributed by atoms with Crippen molar-refractivity contribution in [3.05, 3.63) is 74.3 Å². The number of sulfonamides is 1. The topological polar surface area (TPSA) is 119 Å². The van der Waals surface area contributed by atoms with Gasteiger partial charge in [-0.25, -0.2) is 21.4 Å². The molecule has 0 aliphatic carbocycles. The number of hydrogen-bond donors (Lipinski definition) is 1. The van der Waals surface area contributed by atoms with Crippen LogP contribution in [0, 0.1) is 12.3 Å². The predicted molar refractivity (Wildman–Crippen MR) is 169 cm³/mol. The Bertz CT molecular complexity index is 2210. The van der Waals surface area contributed by atoms with Crippen molar-refractivity contribution in [1.29, 1.82) is 0 Å². The molecule has 5 heterocycles. The van der Waals surface area contributed by atoms with E-state index in [1.807, 2.05) is 0 Å². The number of nitrogens with one attached hydrogen (secondary N) is 1. The molecular weight excluding hydrogens is 611 g/mol. The van der Waals surface area contributed by atoms with E-state index in [2.05, 4.69) is 32.3 Å². The second kappa shape index (κ2) is 10.4. The molecule has 232 valence electrons. The highest BCUT2D eigenvalue weighted by Gasteiger charge is 2.37. The van der Waals surface area contributed by atoms with Gasteiger partial charge in [-0.15, -0.1) is 6.42 Å². The van der Waals surface area contributed by atoms with Gasteiger partial charge in [0.05, 0.1) is 21.9 Å². The zero-order chi connectivity index (χ0) is 31.1. The summed E-state index contributed by atoms with van der Waals surface area (Å²) >= 11 is 0. The van der Waals surface area contributed by atoms with Crippen LogP contribution in [0.25, 0.3) is 5.57 Å². The maximum absolute atomic E-state index is 13.8. The summed E-state index contributed by atoms with van der Waals surface area (Å²) in [4.78, 5) is 1.53. The monoisotopic (exact) mass is 643 g/mol. The van der Waals surface area contributed by atoms with Crippen LogP contribution >= 0.6 is 0 Å². The van der Waals surface area contributed by atoms with Crippen molar-refractivity contribution in [3.8, 4) is 23.8 Å². The Balaban J connectivity index is 1.53. The molecule has 1 N–H and O–H groups in total. The average molecular weight is 644 g/mol. The summed E-state index contributed by atoms with van der Waals surface area (Å²) in [5, 5.41) is 2.03. The van der Waals surface area contributed by atoms with Crippen molar-refractivity contribution in [1.82, 2.24) is 9.30 Å². The van der Waals surface area contributed by atoms with Crippen molar-refractivity contribution in [2.24, 2.45) is 0 Å². The normalized spacial score (nSPS) is 18.3. The number of nitrogens with zero attached hydrogens (tertiary/aromatic N) is 2. The van der Waals surface area contributed by atoms with E-state index >= 15 is 0 Å². The third kappa shape index (κ3) is 4.53. The lowest BCUT2D eigenvalue weighted by Crippen LogP contribution is -2.45. The summed E-state index contributed by atoms with van der Waals surface area (Å²) in [7, 11) is -9.27. The highest BCUT2D eigenvalue weighted by Crippen LogP contribution is 2.49. The van der Waals surface area contributed by atoms with E-state index in [0.717, 1.165) is 117 Å². The number of ether oxygens (including phenoxy) is 1. The van der Waals surface area contributed by atoms with Gasteiger partial charge in [0.25, 0.3) is 0 Å². The van der Waals surface area contributed by atoms with E-state index in [9.17, 15) is 21.4 Å². The highest BCUT2D eigenvalue weighted by molar-refractivity contribution is 7.89. The number of aryl methyl sites for hydroxylation is 2. The maximum atomic E-state index is 13.8. The first-order valence-electron chi connectivity index (χ1n) is 15.6.